The molecule has 0 saturated carbocycles. The van der Waals surface area contributed by atoms with Crippen molar-refractivity contribution in [1.82, 2.24) is 4.98 Å². The van der Waals surface area contributed by atoms with E-state index < -0.39 is 6.29 Å². The SMILES string of the molecule is OC1OCc2cncc(OCc3ccccc3)c21. The molecule has 0 bridgehead atoms. The van der Waals surface area contributed by atoms with E-state index in [0.717, 1.165) is 11.1 Å². The van der Waals surface area contributed by atoms with Crippen LogP contribution >= 0.6 is 0 Å². The maximum atomic E-state index is 9.73. The quantitative estimate of drug-likeness (QED) is 0.897. The van der Waals surface area contributed by atoms with Crippen LogP contribution in [0.5, 0.6) is 5.75 Å². The number of aromatic nitrogens is 1. The Morgan fingerprint density at radius 2 is 2.11 bits per heavy atom. The predicted octanol–water partition coefficient (Wildman–Crippen LogP) is 2.18. The summed E-state index contributed by atoms with van der Waals surface area (Å²) in [7, 11) is 0. The van der Waals surface area contributed by atoms with Crippen LogP contribution in [-0.2, 0) is 18.0 Å². The Balaban J connectivity index is 1.80. The molecule has 0 amide bonds. The summed E-state index contributed by atoms with van der Waals surface area (Å²) in [6.07, 6.45) is 2.40. The summed E-state index contributed by atoms with van der Waals surface area (Å²) in [5.41, 5.74) is 2.65. The molecule has 2 heterocycles. The molecule has 0 fully saturated rings. The van der Waals surface area contributed by atoms with Gasteiger partial charge in [-0.1, -0.05) is 30.3 Å². The first-order valence-corrected chi connectivity index (χ1v) is 5.78. The first kappa shape index (κ1) is 11.2. The molecule has 1 unspecified atom stereocenters. The zero-order valence-corrected chi connectivity index (χ0v) is 9.74. The summed E-state index contributed by atoms with van der Waals surface area (Å²) in [6, 6.07) is 9.87. The van der Waals surface area contributed by atoms with Crippen molar-refractivity contribution in [2.45, 2.75) is 19.5 Å². The van der Waals surface area contributed by atoms with Gasteiger partial charge in [0.05, 0.1) is 18.4 Å². The molecule has 3 rings (SSSR count). The number of fused-ring (bicyclic) bond motifs is 1. The number of hydrogen-bond donors (Lipinski definition) is 1. The third-order valence-electron chi connectivity index (χ3n) is 2.91. The van der Waals surface area contributed by atoms with Gasteiger partial charge in [-0.3, -0.25) is 4.98 Å². The lowest BCUT2D eigenvalue weighted by atomic mass is 10.1. The molecule has 1 aliphatic rings. The fourth-order valence-electron chi connectivity index (χ4n) is 1.99. The first-order chi connectivity index (χ1) is 8.84. The normalized spacial score (nSPS) is 17.5. The molecule has 0 aliphatic carbocycles. The van der Waals surface area contributed by atoms with Crippen LogP contribution in [0.2, 0.25) is 0 Å². The monoisotopic (exact) mass is 243 g/mol. The van der Waals surface area contributed by atoms with Crippen molar-refractivity contribution in [2.75, 3.05) is 0 Å². The summed E-state index contributed by atoms with van der Waals surface area (Å²) in [6.45, 7) is 0.831. The van der Waals surface area contributed by atoms with Crippen molar-refractivity contribution in [3.63, 3.8) is 0 Å². The van der Waals surface area contributed by atoms with Gasteiger partial charge in [0.2, 0.25) is 0 Å². The molecule has 0 spiro atoms. The van der Waals surface area contributed by atoms with Crippen LogP contribution < -0.4 is 4.74 Å². The minimum atomic E-state index is -0.909. The van der Waals surface area contributed by atoms with Gasteiger partial charge in [-0.05, 0) is 5.56 Å². The van der Waals surface area contributed by atoms with E-state index in [0.29, 0.717) is 24.5 Å². The molecule has 0 saturated heterocycles. The van der Waals surface area contributed by atoms with Crippen molar-refractivity contribution in [2.24, 2.45) is 0 Å². The highest BCUT2D eigenvalue weighted by atomic mass is 16.6. The summed E-state index contributed by atoms with van der Waals surface area (Å²) in [5, 5.41) is 9.73. The van der Waals surface area contributed by atoms with Gasteiger partial charge in [0, 0.05) is 11.8 Å². The average Bonchev–Trinajstić information content (AvgIpc) is 2.80. The van der Waals surface area contributed by atoms with E-state index in [4.69, 9.17) is 9.47 Å². The van der Waals surface area contributed by atoms with Crippen molar-refractivity contribution in [3.8, 4) is 5.75 Å². The van der Waals surface area contributed by atoms with Crippen LogP contribution in [0, 0.1) is 0 Å². The van der Waals surface area contributed by atoms with Gasteiger partial charge in [0.25, 0.3) is 0 Å². The molecule has 92 valence electrons. The van der Waals surface area contributed by atoms with Gasteiger partial charge < -0.3 is 14.6 Å². The van der Waals surface area contributed by atoms with E-state index in [-0.39, 0.29) is 0 Å². The zero-order chi connectivity index (χ0) is 12.4. The third kappa shape index (κ3) is 2.08. The second kappa shape index (κ2) is 4.76. The minimum absolute atomic E-state index is 0.381. The van der Waals surface area contributed by atoms with Crippen LogP contribution in [0.25, 0.3) is 0 Å². The molecule has 4 heteroatoms. The zero-order valence-electron chi connectivity index (χ0n) is 9.74. The van der Waals surface area contributed by atoms with Crippen LogP contribution in [0.4, 0.5) is 0 Å². The number of aliphatic hydroxyl groups excluding tert-OH is 1. The summed E-state index contributed by atoms with van der Waals surface area (Å²) < 4.78 is 10.9. The molecule has 4 nitrogen and oxygen atoms in total. The Hall–Kier alpha value is -1.91. The average molecular weight is 243 g/mol. The molecule has 18 heavy (non-hydrogen) atoms. The maximum absolute atomic E-state index is 9.73. The second-order valence-electron chi connectivity index (χ2n) is 4.15. The van der Waals surface area contributed by atoms with Gasteiger partial charge in [0.1, 0.15) is 12.4 Å². The number of aliphatic hydroxyl groups is 1. The first-order valence-electron chi connectivity index (χ1n) is 5.78. The van der Waals surface area contributed by atoms with Gasteiger partial charge in [-0.2, -0.15) is 0 Å². The largest absolute Gasteiger partial charge is 0.487 e. The topological polar surface area (TPSA) is 51.6 Å². The van der Waals surface area contributed by atoms with Crippen LogP contribution in [-0.4, -0.2) is 10.1 Å². The van der Waals surface area contributed by atoms with Gasteiger partial charge >= 0.3 is 0 Å². The highest BCUT2D eigenvalue weighted by Crippen LogP contribution is 2.35. The lowest BCUT2D eigenvalue weighted by Crippen LogP contribution is -2.02. The predicted molar refractivity (Wildman–Crippen MR) is 64.8 cm³/mol. The van der Waals surface area contributed by atoms with Crippen LogP contribution in [0.3, 0.4) is 0 Å². The minimum Gasteiger partial charge on any atom is -0.487 e. The van der Waals surface area contributed by atoms with Gasteiger partial charge in [-0.15, -0.1) is 0 Å². The standard InChI is InChI=1S/C14H13NO3/c16-14-13-11(9-18-14)6-15-7-12(13)17-8-10-4-2-1-3-5-10/h1-7,14,16H,8-9H2. The Morgan fingerprint density at radius 1 is 1.28 bits per heavy atom. The molecule has 1 aliphatic heterocycles. The molecule has 1 atom stereocenters. The highest BCUT2D eigenvalue weighted by Gasteiger charge is 2.25. The molecule has 2 aromatic rings. The second-order valence-corrected chi connectivity index (χ2v) is 4.15. The molecular weight excluding hydrogens is 230 g/mol. The fourth-order valence-corrected chi connectivity index (χ4v) is 1.99. The molecular formula is C14H13NO3. The summed E-state index contributed by atoms with van der Waals surface area (Å²) in [4.78, 5) is 4.09. The number of rotatable bonds is 3. The van der Waals surface area contributed by atoms with Crippen molar-refractivity contribution in [3.05, 3.63) is 59.4 Å². The smallest absolute Gasteiger partial charge is 0.185 e. The van der Waals surface area contributed by atoms with E-state index in [1.165, 1.54) is 0 Å². The number of pyridine rings is 1. The molecule has 1 N–H and O–H groups in total. The Kier molecular flexibility index (Phi) is 2.96. The Bertz CT molecular complexity index is 542. The molecule has 0 radical (unpaired) electrons. The van der Waals surface area contributed by atoms with Gasteiger partial charge in [0.15, 0.2) is 6.29 Å². The Morgan fingerprint density at radius 3 is 2.94 bits per heavy atom. The van der Waals surface area contributed by atoms with Crippen molar-refractivity contribution >= 4 is 0 Å². The van der Waals surface area contributed by atoms with E-state index in [2.05, 4.69) is 4.98 Å². The van der Waals surface area contributed by atoms with Crippen LogP contribution in [0.15, 0.2) is 42.7 Å². The fraction of sp³-hybridized carbons (Fsp3) is 0.214. The maximum Gasteiger partial charge on any atom is 0.185 e. The van der Waals surface area contributed by atoms with Crippen molar-refractivity contribution < 1.29 is 14.6 Å². The highest BCUT2D eigenvalue weighted by molar-refractivity contribution is 5.39. The number of ether oxygens (including phenoxy) is 2. The lowest BCUT2D eigenvalue weighted by molar-refractivity contribution is -0.0927. The van der Waals surface area contributed by atoms with Crippen LogP contribution in [0.1, 0.15) is 23.0 Å². The number of benzene rings is 1. The van der Waals surface area contributed by atoms with Crippen molar-refractivity contribution in [1.29, 1.82) is 0 Å². The third-order valence-corrected chi connectivity index (χ3v) is 2.91. The lowest BCUT2D eigenvalue weighted by Gasteiger charge is -2.11. The molecule has 1 aromatic heterocycles. The summed E-state index contributed by atoms with van der Waals surface area (Å²) >= 11 is 0. The molecule has 1 aromatic carbocycles. The van der Waals surface area contributed by atoms with E-state index >= 15 is 0 Å². The van der Waals surface area contributed by atoms with E-state index in [1.807, 2.05) is 30.3 Å². The number of nitrogens with zero attached hydrogens (tertiary/aromatic N) is 1. The number of hydrogen-bond acceptors (Lipinski definition) is 4. The summed E-state index contributed by atoms with van der Waals surface area (Å²) in [5.74, 6) is 0.585. The van der Waals surface area contributed by atoms with Gasteiger partial charge in [-0.25, -0.2) is 0 Å². The van der Waals surface area contributed by atoms with E-state index in [1.54, 1.807) is 12.4 Å². The Labute approximate surface area is 105 Å². The van der Waals surface area contributed by atoms with E-state index in [9.17, 15) is 5.11 Å².